The van der Waals surface area contributed by atoms with Crippen LogP contribution < -0.4 is 11.1 Å². The zero-order chi connectivity index (χ0) is 15.4. The van der Waals surface area contributed by atoms with Gasteiger partial charge in [-0.25, -0.2) is 0 Å². The number of nitrogens with zero attached hydrogens (tertiary/aromatic N) is 2. The number of ether oxygens (including phenoxy) is 1. The van der Waals surface area contributed by atoms with Gasteiger partial charge in [0, 0.05) is 51.9 Å². The van der Waals surface area contributed by atoms with Crippen LogP contribution in [0.1, 0.15) is 20.3 Å². The molecule has 0 radical (unpaired) electrons. The summed E-state index contributed by atoms with van der Waals surface area (Å²) in [5, 5.41) is 3.24. The van der Waals surface area contributed by atoms with Crippen LogP contribution in [0.4, 0.5) is 0 Å². The number of likely N-dealkylation sites (N-methyl/N-ethyl adjacent to an activating group) is 1. The van der Waals surface area contributed by atoms with E-state index in [1.807, 2.05) is 0 Å². The van der Waals surface area contributed by atoms with E-state index in [1.54, 1.807) is 0 Å². The van der Waals surface area contributed by atoms with Gasteiger partial charge in [0.15, 0.2) is 0 Å². The van der Waals surface area contributed by atoms with Crippen molar-refractivity contribution < 1.29 is 9.53 Å². The molecule has 0 bridgehead atoms. The second kappa shape index (κ2) is 12.1. The molecule has 0 aliphatic rings. The Morgan fingerprint density at radius 2 is 1.90 bits per heavy atom. The number of carbonyl (C=O) groups is 1. The first-order valence-corrected chi connectivity index (χ1v) is 7.41. The molecule has 6 nitrogen and oxygen atoms in total. The summed E-state index contributed by atoms with van der Waals surface area (Å²) >= 11 is 0. The molecule has 0 aromatic heterocycles. The van der Waals surface area contributed by atoms with Crippen molar-refractivity contribution in [3.05, 3.63) is 0 Å². The molecule has 0 aromatic carbocycles. The first-order valence-electron chi connectivity index (χ1n) is 7.41. The van der Waals surface area contributed by atoms with Crippen molar-refractivity contribution in [2.75, 3.05) is 60.0 Å². The zero-order valence-electron chi connectivity index (χ0n) is 13.5. The van der Waals surface area contributed by atoms with Crippen LogP contribution in [0.15, 0.2) is 0 Å². The summed E-state index contributed by atoms with van der Waals surface area (Å²) in [6.07, 6.45) is 0.428. The second-order valence-electron chi connectivity index (χ2n) is 5.30. The molecule has 0 aromatic rings. The maximum absolute atomic E-state index is 10.9. The topological polar surface area (TPSA) is 70.8 Å². The molecular formula is C14H32N4O2. The van der Waals surface area contributed by atoms with E-state index in [-0.39, 0.29) is 5.97 Å². The highest BCUT2D eigenvalue weighted by Gasteiger charge is 2.09. The van der Waals surface area contributed by atoms with Crippen molar-refractivity contribution in [3.8, 4) is 0 Å². The lowest BCUT2D eigenvalue weighted by Gasteiger charge is -2.28. The molecule has 3 N–H and O–H groups in total. The SMILES string of the molecule is COC(=O)CCNCCN(C)CCN(CCN)C(C)C. The van der Waals surface area contributed by atoms with E-state index < -0.39 is 0 Å². The highest BCUT2D eigenvalue weighted by Crippen LogP contribution is 1.97. The molecule has 0 atom stereocenters. The van der Waals surface area contributed by atoms with Crippen molar-refractivity contribution in [1.29, 1.82) is 0 Å². The van der Waals surface area contributed by atoms with Crippen LogP contribution in [-0.4, -0.2) is 81.8 Å². The molecular weight excluding hydrogens is 256 g/mol. The Balaban J connectivity index is 3.62. The molecule has 120 valence electrons. The van der Waals surface area contributed by atoms with Gasteiger partial charge in [-0.2, -0.15) is 0 Å². The Morgan fingerprint density at radius 3 is 2.45 bits per heavy atom. The van der Waals surface area contributed by atoms with Crippen LogP contribution >= 0.6 is 0 Å². The summed E-state index contributed by atoms with van der Waals surface area (Å²) in [5.41, 5.74) is 5.62. The van der Waals surface area contributed by atoms with Gasteiger partial charge in [0.25, 0.3) is 0 Å². The number of hydrogen-bond donors (Lipinski definition) is 2. The second-order valence-corrected chi connectivity index (χ2v) is 5.30. The van der Waals surface area contributed by atoms with Crippen molar-refractivity contribution in [2.24, 2.45) is 5.73 Å². The van der Waals surface area contributed by atoms with Crippen LogP contribution in [0.2, 0.25) is 0 Å². The normalized spacial score (nSPS) is 11.6. The maximum Gasteiger partial charge on any atom is 0.306 e. The van der Waals surface area contributed by atoms with Crippen LogP contribution in [0.3, 0.4) is 0 Å². The fourth-order valence-corrected chi connectivity index (χ4v) is 1.89. The summed E-state index contributed by atoms with van der Waals surface area (Å²) in [6.45, 7) is 10.6. The third-order valence-electron chi connectivity index (χ3n) is 3.32. The molecule has 6 heteroatoms. The van der Waals surface area contributed by atoms with Crippen molar-refractivity contribution in [2.45, 2.75) is 26.3 Å². The predicted molar refractivity (Wildman–Crippen MR) is 82.8 cm³/mol. The number of hydrogen-bond acceptors (Lipinski definition) is 6. The van der Waals surface area contributed by atoms with E-state index in [0.29, 0.717) is 25.6 Å². The zero-order valence-corrected chi connectivity index (χ0v) is 13.5. The van der Waals surface area contributed by atoms with Crippen molar-refractivity contribution >= 4 is 5.97 Å². The molecule has 0 rings (SSSR count). The monoisotopic (exact) mass is 288 g/mol. The predicted octanol–water partition coefficient (Wildman–Crippen LogP) is -0.260. The van der Waals surface area contributed by atoms with Gasteiger partial charge >= 0.3 is 5.97 Å². The number of carbonyl (C=O) groups excluding carboxylic acids is 1. The summed E-state index contributed by atoms with van der Waals surface area (Å²) in [4.78, 5) is 15.6. The van der Waals surface area contributed by atoms with Crippen LogP contribution in [0.5, 0.6) is 0 Å². The van der Waals surface area contributed by atoms with Gasteiger partial charge in [-0.15, -0.1) is 0 Å². The Morgan fingerprint density at radius 1 is 1.20 bits per heavy atom. The maximum atomic E-state index is 10.9. The molecule has 0 unspecified atom stereocenters. The molecule has 0 fully saturated rings. The summed E-state index contributed by atoms with van der Waals surface area (Å²) in [5.74, 6) is -0.166. The molecule has 0 amide bonds. The molecule has 20 heavy (non-hydrogen) atoms. The minimum absolute atomic E-state index is 0.166. The van der Waals surface area contributed by atoms with Crippen molar-refractivity contribution in [3.63, 3.8) is 0 Å². The van der Waals surface area contributed by atoms with Gasteiger partial charge < -0.3 is 20.7 Å². The van der Waals surface area contributed by atoms with Crippen LogP contribution in [0.25, 0.3) is 0 Å². The quantitative estimate of drug-likeness (QED) is 0.381. The van der Waals surface area contributed by atoms with E-state index in [0.717, 1.165) is 32.7 Å². The fraction of sp³-hybridized carbons (Fsp3) is 0.929. The average molecular weight is 288 g/mol. The number of nitrogens with two attached hydrogens (primary N) is 1. The van der Waals surface area contributed by atoms with Gasteiger partial charge in [-0.05, 0) is 20.9 Å². The first kappa shape index (κ1) is 19.3. The van der Waals surface area contributed by atoms with Crippen LogP contribution in [-0.2, 0) is 9.53 Å². The number of nitrogens with one attached hydrogen (secondary N) is 1. The van der Waals surface area contributed by atoms with Gasteiger partial charge in [0.05, 0.1) is 13.5 Å². The lowest BCUT2D eigenvalue weighted by molar-refractivity contribution is -0.140. The highest BCUT2D eigenvalue weighted by molar-refractivity contribution is 5.69. The highest BCUT2D eigenvalue weighted by atomic mass is 16.5. The largest absolute Gasteiger partial charge is 0.469 e. The minimum atomic E-state index is -0.166. The Hall–Kier alpha value is -0.690. The van der Waals surface area contributed by atoms with E-state index in [9.17, 15) is 4.79 Å². The number of esters is 1. The van der Waals surface area contributed by atoms with E-state index in [1.165, 1.54) is 7.11 Å². The van der Waals surface area contributed by atoms with Crippen molar-refractivity contribution in [1.82, 2.24) is 15.1 Å². The minimum Gasteiger partial charge on any atom is -0.469 e. The van der Waals surface area contributed by atoms with Gasteiger partial charge in [0.1, 0.15) is 0 Å². The Bertz CT molecular complexity index is 249. The average Bonchev–Trinajstić information content (AvgIpc) is 2.42. The van der Waals surface area contributed by atoms with E-state index in [2.05, 4.69) is 40.7 Å². The van der Waals surface area contributed by atoms with Gasteiger partial charge in [0.2, 0.25) is 0 Å². The van der Waals surface area contributed by atoms with Crippen LogP contribution in [0, 0.1) is 0 Å². The number of methoxy groups -OCH3 is 1. The lowest BCUT2D eigenvalue weighted by Crippen LogP contribution is -2.41. The Kier molecular flexibility index (Phi) is 11.7. The number of rotatable bonds is 12. The van der Waals surface area contributed by atoms with E-state index in [4.69, 9.17) is 5.73 Å². The summed E-state index contributed by atoms with van der Waals surface area (Å²) in [6, 6.07) is 0.533. The molecule has 0 aliphatic carbocycles. The summed E-state index contributed by atoms with van der Waals surface area (Å²) in [7, 11) is 3.53. The fourth-order valence-electron chi connectivity index (χ4n) is 1.89. The molecule has 0 spiro atoms. The molecule has 0 aliphatic heterocycles. The first-order chi connectivity index (χ1) is 9.51. The standard InChI is InChI=1S/C14H32N4O2/c1-13(2)18(9-6-15)12-11-17(3)10-8-16-7-5-14(19)20-4/h13,16H,5-12,15H2,1-4H3. The Labute approximate surface area is 123 Å². The summed E-state index contributed by atoms with van der Waals surface area (Å²) < 4.78 is 4.58. The molecule has 0 saturated carbocycles. The van der Waals surface area contributed by atoms with Gasteiger partial charge in [-0.3, -0.25) is 9.69 Å². The molecule has 0 saturated heterocycles. The smallest absolute Gasteiger partial charge is 0.306 e. The third kappa shape index (κ3) is 10.1. The molecule has 0 heterocycles. The third-order valence-corrected chi connectivity index (χ3v) is 3.32. The van der Waals surface area contributed by atoms with E-state index >= 15 is 0 Å². The van der Waals surface area contributed by atoms with Gasteiger partial charge in [-0.1, -0.05) is 0 Å². The lowest BCUT2D eigenvalue weighted by atomic mass is 10.3.